The fourth-order valence-electron chi connectivity index (χ4n) is 8.23. The normalized spacial score (nSPS) is 20.6. The van der Waals surface area contributed by atoms with Gasteiger partial charge in [-0.2, -0.15) is 0 Å². The van der Waals surface area contributed by atoms with Crippen LogP contribution in [0.2, 0.25) is 0 Å². The first-order valence-corrected chi connectivity index (χ1v) is 23.4. The number of benzene rings is 3. The molecule has 3 aromatic carbocycles. The van der Waals surface area contributed by atoms with Gasteiger partial charge in [-0.25, -0.2) is 0 Å². The van der Waals surface area contributed by atoms with Crippen LogP contribution in [-0.2, 0) is 17.0 Å². The van der Waals surface area contributed by atoms with E-state index in [1.54, 1.807) is 27.6 Å². The van der Waals surface area contributed by atoms with Gasteiger partial charge in [0.1, 0.15) is 0 Å². The Morgan fingerprint density at radius 2 is 1.24 bits per heavy atom. The molecule has 2 N–H and O–H groups in total. The first-order chi connectivity index (χ1) is 23.6. The van der Waals surface area contributed by atoms with E-state index < -0.39 is 0 Å². The van der Waals surface area contributed by atoms with Crippen molar-refractivity contribution in [3.63, 3.8) is 0 Å². The summed E-state index contributed by atoms with van der Waals surface area (Å²) in [5.41, 5.74) is 18.3. The summed E-state index contributed by atoms with van der Waals surface area (Å²) in [7, 11) is 5.90. The van der Waals surface area contributed by atoms with Crippen molar-refractivity contribution >= 4 is 28.3 Å². The molecule has 0 radical (unpaired) electrons. The van der Waals surface area contributed by atoms with Crippen molar-refractivity contribution in [1.82, 2.24) is 0 Å². The van der Waals surface area contributed by atoms with E-state index in [0.717, 1.165) is 23.3 Å². The number of nitrogens with two attached hydrogens (primary N) is 1. The van der Waals surface area contributed by atoms with Crippen molar-refractivity contribution in [2.24, 2.45) is 5.73 Å². The summed E-state index contributed by atoms with van der Waals surface area (Å²) in [6.07, 6.45) is 21.6. The van der Waals surface area contributed by atoms with Gasteiger partial charge in [0.25, 0.3) is 0 Å². The quantitative estimate of drug-likeness (QED) is 0.170. The molecule has 4 heteroatoms. The second-order valence-corrected chi connectivity index (χ2v) is 20.6. The molecule has 3 aromatic rings. The monoisotopic (exact) mass is 787 g/mol. The molecule has 0 aromatic heterocycles. The Balaban J connectivity index is 0.000000259. The van der Waals surface area contributed by atoms with Crippen LogP contribution in [0.5, 0.6) is 0 Å². The fourth-order valence-corrected chi connectivity index (χ4v) is 13.7. The van der Waals surface area contributed by atoms with E-state index in [2.05, 4.69) is 102 Å². The van der Waals surface area contributed by atoms with Gasteiger partial charge < -0.3 is 0 Å². The van der Waals surface area contributed by atoms with Crippen LogP contribution in [-0.4, -0.2) is 15.3 Å². The maximum absolute atomic E-state index is 6.31. The number of rotatable bonds is 9. The maximum atomic E-state index is 6.31. The van der Waals surface area contributed by atoms with E-state index in [0.29, 0.717) is 17.8 Å². The molecule has 3 aliphatic rings. The van der Waals surface area contributed by atoms with Gasteiger partial charge in [-0.15, -0.1) is 0 Å². The summed E-state index contributed by atoms with van der Waals surface area (Å²) in [6.45, 7) is 14.3. The molecule has 1 unspecified atom stereocenters. The molecule has 6 rings (SSSR count). The molecule has 2 fully saturated rings. The average molecular weight is 789 g/mol. The van der Waals surface area contributed by atoms with Crippen LogP contribution >= 0.6 is 17.5 Å². The summed E-state index contributed by atoms with van der Waals surface area (Å²) in [4.78, 5) is 0. The van der Waals surface area contributed by atoms with Gasteiger partial charge in [-0.3, -0.25) is 0 Å². The van der Waals surface area contributed by atoms with E-state index >= 15 is 0 Å². The van der Waals surface area contributed by atoms with Crippen LogP contribution < -0.4 is 11.0 Å². The van der Waals surface area contributed by atoms with Crippen molar-refractivity contribution in [3.8, 4) is 11.1 Å². The second kappa shape index (κ2) is 18.3. The Hall–Kier alpha value is -1.52. The Morgan fingerprint density at radius 1 is 0.714 bits per heavy atom. The second-order valence-electron chi connectivity index (χ2n) is 15.5. The number of halogens is 1. The van der Waals surface area contributed by atoms with Crippen molar-refractivity contribution < 1.29 is 17.0 Å². The first kappa shape index (κ1) is 38.7. The molecule has 268 valence electrons. The summed E-state index contributed by atoms with van der Waals surface area (Å²) in [5, 5.41) is 1.75. The van der Waals surface area contributed by atoms with Crippen LogP contribution in [0.25, 0.3) is 16.7 Å². The van der Waals surface area contributed by atoms with Crippen LogP contribution in [0.3, 0.4) is 0 Å². The zero-order valence-corrected chi connectivity index (χ0v) is 34.2. The fraction of sp³-hybridized carbons (Fsp3) is 0.511. The van der Waals surface area contributed by atoms with E-state index in [1.807, 2.05) is 24.3 Å². The number of hydrogen-bond donors (Lipinski definition) is 1. The summed E-state index contributed by atoms with van der Waals surface area (Å²) < 4.78 is -0.369. The molecular formula is C45H61ClNPPd. The van der Waals surface area contributed by atoms with Gasteiger partial charge >= 0.3 is 102 Å². The van der Waals surface area contributed by atoms with Crippen molar-refractivity contribution in [2.45, 2.75) is 145 Å². The number of hydrogen-bond acceptors (Lipinski definition) is 1. The molecule has 0 amide bonds. The summed E-state index contributed by atoms with van der Waals surface area (Å²) >= 11 is -0.000832. The van der Waals surface area contributed by atoms with E-state index in [4.69, 9.17) is 15.3 Å². The zero-order chi connectivity index (χ0) is 35.0. The minimum atomic E-state index is -0.369. The van der Waals surface area contributed by atoms with Crippen molar-refractivity contribution in [3.05, 3.63) is 107 Å². The van der Waals surface area contributed by atoms with Crippen molar-refractivity contribution in [1.29, 1.82) is 0 Å². The van der Waals surface area contributed by atoms with Crippen LogP contribution in [0.15, 0.2) is 85.0 Å². The molecule has 0 saturated heterocycles. The predicted octanol–water partition coefficient (Wildman–Crippen LogP) is 13.4. The molecular weight excluding hydrogens is 727 g/mol. The van der Waals surface area contributed by atoms with Gasteiger partial charge in [0, 0.05) is 0 Å². The summed E-state index contributed by atoms with van der Waals surface area (Å²) in [6, 6.07) is 25.0. The topological polar surface area (TPSA) is 26.0 Å². The van der Waals surface area contributed by atoms with Crippen LogP contribution in [0, 0.1) is 0 Å². The van der Waals surface area contributed by atoms with Gasteiger partial charge in [0.2, 0.25) is 0 Å². The Kier molecular flexibility index (Phi) is 14.5. The Morgan fingerprint density at radius 3 is 1.76 bits per heavy atom. The zero-order valence-electron chi connectivity index (χ0n) is 31.0. The van der Waals surface area contributed by atoms with Crippen molar-refractivity contribution in [2.75, 3.05) is 0 Å². The Labute approximate surface area is 312 Å². The van der Waals surface area contributed by atoms with Gasteiger partial charge in [0.15, 0.2) is 0 Å². The first-order valence-electron chi connectivity index (χ1n) is 19.1. The van der Waals surface area contributed by atoms with E-state index in [1.165, 1.54) is 75.3 Å². The Bertz CT molecular complexity index is 1500. The third kappa shape index (κ3) is 9.48. The van der Waals surface area contributed by atoms with E-state index in [-0.39, 0.29) is 28.9 Å². The molecule has 0 bridgehead atoms. The average Bonchev–Trinajstić information content (AvgIpc) is 3.13. The standard InChI is InChI=1S/C33H49P.C12H12N.ClH.Pd/c1-23(2)26-21-30(24(3)4)33(31(22-26)25(5)6)29-19-13-14-20-32(29)34(27-15-9-7-10-16-27)28-17-11-8-12-18-28;13-12-9-5-4-8-11(12)10-6-2-1-3-7-10;;/h13-14,19-25,27-28H,7-12,15-18H2,1-6H3;1-8H,9,13H2;1H;/q;;;+1/p-1. The third-order valence-corrected chi connectivity index (χ3v) is 17.0. The molecule has 1 atom stereocenters. The molecule has 49 heavy (non-hydrogen) atoms. The minimum absolute atomic E-state index is 0.000832. The third-order valence-electron chi connectivity index (χ3n) is 10.9. The van der Waals surface area contributed by atoms with Gasteiger partial charge in [-0.1, -0.05) is 124 Å². The molecule has 0 heterocycles. The molecule has 0 aliphatic heterocycles. The van der Waals surface area contributed by atoms with E-state index in [9.17, 15) is 0 Å². The molecule has 2 saturated carbocycles. The molecule has 3 aliphatic carbocycles. The van der Waals surface area contributed by atoms with Gasteiger partial charge in [-0.05, 0) is 87.9 Å². The number of allylic oxidation sites excluding steroid dienone is 2. The van der Waals surface area contributed by atoms with Crippen LogP contribution in [0.1, 0.15) is 152 Å². The van der Waals surface area contributed by atoms with Crippen LogP contribution in [0.4, 0.5) is 0 Å². The van der Waals surface area contributed by atoms with Gasteiger partial charge in [0.05, 0.1) is 0 Å². The SMILES string of the molecule is CC(C)c1cc(C(C)C)c(-c2ccccc2P(C2CCCCC2)C2CCCCC2)c(C(C)C)c1.N[C]1([Pd][Cl])CC=CC=C1c1ccccc1. The molecule has 0 spiro atoms. The summed E-state index contributed by atoms with van der Waals surface area (Å²) in [5.74, 6) is 1.64. The predicted molar refractivity (Wildman–Crippen MR) is 215 cm³/mol. The molecule has 1 nitrogen and oxygen atoms in total.